The minimum Gasteiger partial charge on any atom is -0.488 e. The Bertz CT molecular complexity index is 1190. The van der Waals surface area contributed by atoms with Gasteiger partial charge in [-0.15, -0.1) is 0 Å². The number of ether oxygens (including phenoxy) is 2. The number of hydrogen-bond donors (Lipinski definition) is 0. The maximum Gasteiger partial charge on any atom is 0.363 e. The zero-order valence-corrected chi connectivity index (χ0v) is 19.1. The van der Waals surface area contributed by atoms with Gasteiger partial charge in [-0.1, -0.05) is 59.6 Å². The summed E-state index contributed by atoms with van der Waals surface area (Å²) in [5, 5.41) is 0.847. The lowest BCUT2D eigenvalue weighted by atomic mass is 10.1. The van der Waals surface area contributed by atoms with Crippen molar-refractivity contribution >= 4 is 63.7 Å². The number of aliphatic imine (C=N–C) groups is 1. The van der Waals surface area contributed by atoms with E-state index in [1.165, 1.54) is 0 Å². The van der Waals surface area contributed by atoms with Crippen molar-refractivity contribution in [1.82, 2.24) is 0 Å². The monoisotopic (exact) mass is 549 g/mol. The van der Waals surface area contributed by atoms with Crippen molar-refractivity contribution in [3.8, 4) is 5.75 Å². The first-order valence-corrected chi connectivity index (χ1v) is 10.8. The molecule has 7 heteroatoms. The second-order valence-corrected chi connectivity index (χ2v) is 8.38. The molecule has 3 aromatic rings. The van der Waals surface area contributed by atoms with E-state index in [1.807, 2.05) is 48.5 Å². The Morgan fingerprint density at radius 3 is 2.60 bits per heavy atom. The van der Waals surface area contributed by atoms with Crippen LogP contribution in [0.1, 0.15) is 16.7 Å². The molecule has 4 rings (SSSR count). The van der Waals surface area contributed by atoms with Crippen molar-refractivity contribution < 1.29 is 14.3 Å². The van der Waals surface area contributed by atoms with Gasteiger partial charge in [0.25, 0.3) is 0 Å². The molecule has 30 heavy (non-hydrogen) atoms. The zero-order chi connectivity index (χ0) is 21.1. The van der Waals surface area contributed by atoms with Crippen LogP contribution in [0.2, 0.25) is 10.0 Å². The standard InChI is InChI=1S/C23H14Cl2INO3/c24-16-9-10-17(18(25)12-16)22-27-20(23(28)30-22)11-14-5-2-4-8-21(14)29-13-15-6-1-3-7-19(15)26/h1-12H,13H2/b20-11-. The SMILES string of the molecule is O=C1OC(c2ccc(Cl)cc2Cl)=N/C1=C\c1ccccc1OCc1ccccc1I. The van der Waals surface area contributed by atoms with Crippen LogP contribution in [0.4, 0.5) is 0 Å². The third kappa shape index (κ3) is 4.69. The van der Waals surface area contributed by atoms with Crippen LogP contribution in [0.15, 0.2) is 77.4 Å². The Morgan fingerprint density at radius 2 is 1.80 bits per heavy atom. The summed E-state index contributed by atoms with van der Waals surface area (Å²) in [6, 6.07) is 20.4. The first-order valence-electron chi connectivity index (χ1n) is 8.94. The van der Waals surface area contributed by atoms with Gasteiger partial charge in [0.1, 0.15) is 12.4 Å². The fourth-order valence-electron chi connectivity index (χ4n) is 2.84. The molecule has 0 radical (unpaired) electrons. The van der Waals surface area contributed by atoms with Gasteiger partial charge in [0.2, 0.25) is 5.90 Å². The highest BCUT2D eigenvalue weighted by atomic mass is 127. The maximum absolute atomic E-state index is 12.4. The van der Waals surface area contributed by atoms with E-state index >= 15 is 0 Å². The van der Waals surface area contributed by atoms with Gasteiger partial charge < -0.3 is 9.47 Å². The van der Waals surface area contributed by atoms with Crippen LogP contribution >= 0.6 is 45.8 Å². The smallest absolute Gasteiger partial charge is 0.363 e. The number of hydrogen-bond acceptors (Lipinski definition) is 4. The van der Waals surface area contributed by atoms with E-state index in [2.05, 4.69) is 27.6 Å². The molecule has 0 atom stereocenters. The maximum atomic E-state index is 12.4. The molecule has 1 aliphatic rings. The van der Waals surface area contributed by atoms with Gasteiger partial charge in [0.15, 0.2) is 5.70 Å². The van der Waals surface area contributed by atoms with E-state index in [-0.39, 0.29) is 11.6 Å². The molecule has 0 spiro atoms. The summed E-state index contributed by atoms with van der Waals surface area (Å²) < 4.78 is 12.4. The molecule has 0 bridgehead atoms. The Balaban J connectivity index is 1.61. The van der Waals surface area contributed by atoms with Crippen LogP contribution in [0.3, 0.4) is 0 Å². The van der Waals surface area contributed by atoms with E-state index in [4.69, 9.17) is 32.7 Å². The van der Waals surface area contributed by atoms with Crippen molar-refractivity contribution in [2.45, 2.75) is 6.61 Å². The lowest BCUT2D eigenvalue weighted by Gasteiger charge is -2.10. The molecule has 0 aromatic heterocycles. The van der Waals surface area contributed by atoms with Gasteiger partial charge in [-0.05, 0) is 59.0 Å². The van der Waals surface area contributed by atoms with Crippen LogP contribution in [-0.2, 0) is 16.1 Å². The van der Waals surface area contributed by atoms with Crippen molar-refractivity contribution in [2.75, 3.05) is 0 Å². The first kappa shape index (κ1) is 20.9. The number of halogens is 3. The number of esters is 1. The number of cyclic esters (lactones) is 1. The van der Waals surface area contributed by atoms with Crippen LogP contribution in [-0.4, -0.2) is 11.9 Å². The van der Waals surface area contributed by atoms with Gasteiger partial charge in [0.05, 0.1) is 10.6 Å². The summed E-state index contributed by atoms with van der Waals surface area (Å²) in [6.07, 6.45) is 1.64. The minimum absolute atomic E-state index is 0.144. The summed E-state index contributed by atoms with van der Waals surface area (Å²) in [4.78, 5) is 16.7. The highest BCUT2D eigenvalue weighted by Crippen LogP contribution is 2.28. The highest BCUT2D eigenvalue weighted by Gasteiger charge is 2.26. The van der Waals surface area contributed by atoms with Crippen LogP contribution in [0.25, 0.3) is 6.08 Å². The molecule has 0 saturated carbocycles. The van der Waals surface area contributed by atoms with E-state index < -0.39 is 5.97 Å². The number of para-hydroxylation sites is 1. The van der Waals surface area contributed by atoms with Gasteiger partial charge in [-0.25, -0.2) is 9.79 Å². The fourth-order valence-corrected chi connectivity index (χ4v) is 3.87. The van der Waals surface area contributed by atoms with E-state index in [1.54, 1.807) is 24.3 Å². The number of nitrogens with zero attached hydrogens (tertiary/aromatic N) is 1. The highest BCUT2D eigenvalue weighted by molar-refractivity contribution is 14.1. The van der Waals surface area contributed by atoms with E-state index in [9.17, 15) is 4.79 Å². The average molecular weight is 550 g/mol. The van der Waals surface area contributed by atoms with Gasteiger partial charge in [-0.3, -0.25) is 0 Å². The molecule has 4 nitrogen and oxygen atoms in total. The van der Waals surface area contributed by atoms with Gasteiger partial charge in [-0.2, -0.15) is 0 Å². The number of carbonyl (C=O) groups excluding carboxylic acids is 1. The first-order chi connectivity index (χ1) is 14.5. The molecule has 0 saturated heterocycles. The largest absolute Gasteiger partial charge is 0.488 e. The topological polar surface area (TPSA) is 47.9 Å². The Labute approximate surface area is 197 Å². The predicted molar refractivity (Wildman–Crippen MR) is 127 cm³/mol. The molecule has 0 aliphatic carbocycles. The Hall–Kier alpha value is -2.35. The number of carbonyl (C=O) groups is 1. The summed E-state index contributed by atoms with van der Waals surface area (Å²) in [6.45, 7) is 0.415. The summed E-state index contributed by atoms with van der Waals surface area (Å²) >= 11 is 14.4. The summed E-state index contributed by atoms with van der Waals surface area (Å²) in [5.41, 5.74) is 2.48. The third-order valence-corrected chi connectivity index (χ3v) is 5.93. The van der Waals surface area contributed by atoms with Crippen LogP contribution < -0.4 is 4.74 Å². The third-order valence-electron chi connectivity index (χ3n) is 4.33. The summed E-state index contributed by atoms with van der Waals surface area (Å²) in [5.74, 6) is 0.235. The normalized spacial score (nSPS) is 14.6. The molecule has 1 aliphatic heterocycles. The fraction of sp³-hybridized carbons (Fsp3) is 0.0435. The summed E-state index contributed by atoms with van der Waals surface area (Å²) in [7, 11) is 0. The Morgan fingerprint density at radius 1 is 1.03 bits per heavy atom. The molecule has 150 valence electrons. The van der Waals surface area contributed by atoms with Gasteiger partial charge >= 0.3 is 5.97 Å². The zero-order valence-electron chi connectivity index (χ0n) is 15.4. The van der Waals surface area contributed by atoms with Crippen LogP contribution in [0.5, 0.6) is 5.75 Å². The molecule has 3 aromatic carbocycles. The van der Waals surface area contributed by atoms with Crippen LogP contribution in [0, 0.1) is 3.57 Å². The van der Waals surface area contributed by atoms with Gasteiger partial charge in [0, 0.05) is 19.7 Å². The van der Waals surface area contributed by atoms with Crippen molar-refractivity contribution in [2.24, 2.45) is 4.99 Å². The predicted octanol–water partition coefficient (Wildman–Crippen LogP) is 6.52. The number of benzene rings is 3. The Kier molecular flexibility index (Phi) is 6.41. The van der Waals surface area contributed by atoms with Crippen molar-refractivity contribution in [3.63, 3.8) is 0 Å². The molecule has 0 fully saturated rings. The molecule has 0 N–H and O–H groups in total. The quantitative estimate of drug-likeness (QED) is 0.207. The second kappa shape index (κ2) is 9.20. The molecular formula is C23H14Cl2INO3. The van der Waals surface area contributed by atoms with Crippen molar-refractivity contribution in [3.05, 3.63) is 103 Å². The lowest BCUT2D eigenvalue weighted by Crippen LogP contribution is -2.06. The minimum atomic E-state index is -0.552. The van der Waals surface area contributed by atoms with E-state index in [0.717, 1.165) is 14.7 Å². The number of rotatable bonds is 5. The molecule has 1 heterocycles. The average Bonchev–Trinajstić information content (AvgIpc) is 3.08. The van der Waals surface area contributed by atoms with Crippen molar-refractivity contribution in [1.29, 1.82) is 0 Å². The lowest BCUT2D eigenvalue weighted by molar-refractivity contribution is -0.129. The molecule has 0 amide bonds. The molecule has 0 unspecified atom stereocenters. The second-order valence-electron chi connectivity index (χ2n) is 6.38. The molecular weight excluding hydrogens is 536 g/mol. The van der Waals surface area contributed by atoms with E-state index in [0.29, 0.717) is 28.0 Å².